The molecule has 1 amide bonds. The van der Waals surface area contributed by atoms with Gasteiger partial charge in [-0.05, 0) is 32.1 Å². The molecule has 1 aliphatic rings. The topological polar surface area (TPSA) is 46.3 Å². The number of hydrogen-bond acceptors (Lipinski definition) is 2. The van der Waals surface area contributed by atoms with Gasteiger partial charge in [-0.2, -0.15) is 0 Å². The molecule has 0 bridgehead atoms. The fourth-order valence-corrected chi connectivity index (χ4v) is 3.11. The maximum absolute atomic E-state index is 12.8. The lowest BCUT2D eigenvalue weighted by Gasteiger charge is -2.41. The predicted molar refractivity (Wildman–Crippen MR) is 79.4 cm³/mol. The number of rotatable bonds is 7. The molecule has 0 saturated heterocycles. The molecule has 104 valence electrons. The first kappa shape index (κ1) is 15.4. The first-order valence-electron chi connectivity index (χ1n) is 7.06. The van der Waals surface area contributed by atoms with Gasteiger partial charge >= 0.3 is 0 Å². The molecule has 0 aliphatic heterocycles. The Morgan fingerprint density at radius 2 is 1.83 bits per heavy atom. The summed E-state index contributed by atoms with van der Waals surface area (Å²) >= 11 is 5.23. The van der Waals surface area contributed by atoms with Crippen LogP contribution in [0.1, 0.15) is 58.8 Å². The van der Waals surface area contributed by atoms with Crippen molar-refractivity contribution >= 4 is 23.1 Å². The summed E-state index contributed by atoms with van der Waals surface area (Å²) in [7, 11) is 1.91. The van der Waals surface area contributed by atoms with Gasteiger partial charge in [0.1, 0.15) is 0 Å². The Labute approximate surface area is 116 Å². The van der Waals surface area contributed by atoms with E-state index < -0.39 is 5.41 Å². The molecule has 1 aliphatic carbocycles. The number of thiocarbonyl (C=S) groups is 1. The summed E-state index contributed by atoms with van der Waals surface area (Å²) in [5, 5.41) is 0. The largest absolute Gasteiger partial charge is 0.392 e. The Morgan fingerprint density at radius 3 is 2.11 bits per heavy atom. The van der Waals surface area contributed by atoms with E-state index in [1.54, 1.807) is 0 Å². The Balaban J connectivity index is 2.91. The summed E-state index contributed by atoms with van der Waals surface area (Å²) in [5.74, 6) is 0.142. The van der Waals surface area contributed by atoms with Gasteiger partial charge in [-0.1, -0.05) is 38.9 Å². The van der Waals surface area contributed by atoms with Crippen molar-refractivity contribution in [2.75, 3.05) is 7.05 Å². The predicted octanol–water partition coefficient (Wildman–Crippen LogP) is 2.87. The van der Waals surface area contributed by atoms with Gasteiger partial charge in [0.05, 0.1) is 10.4 Å². The standard InChI is InChI=1S/C14H26N2OS/c1-4-9-14(10-5-2,12(15)18)13(17)16(3)11-7-6-8-11/h11H,4-10H2,1-3H3,(H2,15,18). The van der Waals surface area contributed by atoms with Crippen LogP contribution in [0.2, 0.25) is 0 Å². The van der Waals surface area contributed by atoms with E-state index in [-0.39, 0.29) is 5.91 Å². The molecule has 3 nitrogen and oxygen atoms in total. The van der Waals surface area contributed by atoms with E-state index in [0.29, 0.717) is 11.0 Å². The summed E-state index contributed by atoms with van der Waals surface area (Å²) in [5.41, 5.74) is 5.32. The van der Waals surface area contributed by atoms with Gasteiger partial charge < -0.3 is 10.6 Å². The molecule has 2 N–H and O–H groups in total. The first-order valence-corrected chi connectivity index (χ1v) is 7.47. The molecule has 0 unspecified atom stereocenters. The average Bonchev–Trinajstić information content (AvgIpc) is 2.24. The third-order valence-electron chi connectivity index (χ3n) is 4.18. The van der Waals surface area contributed by atoms with E-state index in [1.165, 1.54) is 6.42 Å². The highest BCUT2D eigenvalue weighted by molar-refractivity contribution is 7.80. The van der Waals surface area contributed by atoms with Crippen molar-refractivity contribution in [1.82, 2.24) is 4.90 Å². The molecule has 0 atom stereocenters. The maximum atomic E-state index is 12.8. The Morgan fingerprint density at radius 1 is 1.33 bits per heavy atom. The van der Waals surface area contributed by atoms with E-state index in [0.717, 1.165) is 38.5 Å². The molecule has 1 saturated carbocycles. The molecule has 18 heavy (non-hydrogen) atoms. The third-order valence-corrected chi connectivity index (χ3v) is 4.57. The molecule has 0 radical (unpaired) electrons. The van der Waals surface area contributed by atoms with Crippen molar-refractivity contribution in [2.24, 2.45) is 11.1 Å². The number of nitrogens with two attached hydrogens (primary N) is 1. The Hall–Kier alpha value is -0.640. The summed E-state index contributed by atoms with van der Waals surface area (Å²) in [6.07, 6.45) is 6.87. The van der Waals surface area contributed by atoms with Crippen molar-refractivity contribution in [3.8, 4) is 0 Å². The Bertz CT molecular complexity index is 307. The SMILES string of the molecule is CCCC(CCC)(C(=O)N(C)C1CCC1)C(N)=S. The summed E-state index contributed by atoms with van der Waals surface area (Å²) in [4.78, 5) is 15.1. The maximum Gasteiger partial charge on any atom is 0.235 e. The van der Waals surface area contributed by atoms with Crippen LogP contribution in [0.5, 0.6) is 0 Å². The second kappa shape index (κ2) is 6.50. The van der Waals surface area contributed by atoms with Crippen LogP contribution in [0.25, 0.3) is 0 Å². The van der Waals surface area contributed by atoms with Gasteiger partial charge in [-0.15, -0.1) is 0 Å². The number of carbonyl (C=O) groups is 1. The van der Waals surface area contributed by atoms with Crippen LogP contribution >= 0.6 is 12.2 Å². The van der Waals surface area contributed by atoms with E-state index in [9.17, 15) is 4.79 Å². The second-order valence-corrected chi connectivity index (χ2v) is 5.89. The quantitative estimate of drug-likeness (QED) is 0.724. The number of hydrogen-bond donors (Lipinski definition) is 1. The van der Waals surface area contributed by atoms with Crippen molar-refractivity contribution in [2.45, 2.75) is 64.8 Å². The van der Waals surface area contributed by atoms with Crippen LogP contribution in [0.15, 0.2) is 0 Å². The molecular formula is C14H26N2OS. The van der Waals surface area contributed by atoms with Crippen LogP contribution in [0.4, 0.5) is 0 Å². The van der Waals surface area contributed by atoms with Gasteiger partial charge in [0.15, 0.2) is 0 Å². The van der Waals surface area contributed by atoms with E-state index >= 15 is 0 Å². The molecule has 0 aromatic heterocycles. The lowest BCUT2D eigenvalue weighted by Crippen LogP contribution is -2.53. The molecule has 0 aromatic carbocycles. The normalized spacial score (nSPS) is 16.2. The fourth-order valence-electron chi connectivity index (χ4n) is 2.82. The lowest BCUT2D eigenvalue weighted by molar-refractivity contribution is -0.141. The molecule has 0 spiro atoms. The zero-order valence-corrected chi connectivity index (χ0v) is 12.7. The molecule has 0 heterocycles. The van der Waals surface area contributed by atoms with Crippen molar-refractivity contribution in [3.63, 3.8) is 0 Å². The summed E-state index contributed by atoms with van der Waals surface area (Å²) in [6, 6.07) is 0.403. The van der Waals surface area contributed by atoms with Gasteiger partial charge in [-0.3, -0.25) is 4.79 Å². The molecule has 0 aromatic rings. The van der Waals surface area contributed by atoms with Crippen LogP contribution < -0.4 is 5.73 Å². The molecule has 1 fully saturated rings. The van der Waals surface area contributed by atoms with Crippen molar-refractivity contribution < 1.29 is 4.79 Å². The number of nitrogens with zero attached hydrogens (tertiary/aromatic N) is 1. The minimum absolute atomic E-state index is 0.142. The average molecular weight is 270 g/mol. The highest BCUT2D eigenvalue weighted by Gasteiger charge is 2.43. The molecule has 4 heteroatoms. The van der Waals surface area contributed by atoms with Crippen LogP contribution in [0, 0.1) is 5.41 Å². The highest BCUT2D eigenvalue weighted by Crippen LogP contribution is 2.35. The third kappa shape index (κ3) is 2.85. The minimum Gasteiger partial charge on any atom is -0.392 e. The smallest absolute Gasteiger partial charge is 0.235 e. The number of carbonyl (C=O) groups excluding carboxylic acids is 1. The van der Waals surface area contributed by atoms with Gasteiger partial charge in [-0.25, -0.2) is 0 Å². The second-order valence-electron chi connectivity index (χ2n) is 5.45. The van der Waals surface area contributed by atoms with Crippen LogP contribution in [0.3, 0.4) is 0 Å². The van der Waals surface area contributed by atoms with Crippen molar-refractivity contribution in [3.05, 3.63) is 0 Å². The molecular weight excluding hydrogens is 244 g/mol. The minimum atomic E-state index is -0.608. The van der Waals surface area contributed by atoms with Gasteiger partial charge in [0.2, 0.25) is 5.91 Å². The zero-order chi connectivity index (χ0) is 13.8. The van der Waals surface area contributed by atoms with Crippen LogP contribution in [-0.4, -0.2) is 28.9 Å². The van der Waals surface area contributed by atoms with E-state index in [1.807, 2.05) is 11.9 Å². The summed E-state index contributed by atoms with van der Waals surface area (Å²) < 4.78 is 0. The van der Waals surface area contributed by atoms with Crippen LogP contribution in [-0.2, 0) is 4.79 Å². The van der Waals surface area contributed by atoms with Gasteiger partial charge in [0, 0.05) is 13.1 Å². The zero-order valence-electron chi connectivity index (χ0n) is 11.9. The van der Waals surface area contributed by atoms with E-state index in [4.69, 9.17) is 18.0 Å². The van der Waals surface area contributed by atoms with Gasteiger partial charge in [0.25, 0.3) is 0 Å². The molecule has 1 rings (SSSR count). The number of amides is 1. The van der Waals surface area contributed by atoms with E-state index in [2.05, 4.69) is 13.8 Å². The fraction of sp³-hybridized carbons (Fsp3) is 0.857. The van der Waals surface area contributed by atoms with Crippen molar-refractivity contribution in [1.29, 1.82) is 0 Å². The first-order chi connectivity index (χ1) is 8.49. The highest BCUT2D eigenvalue weighted by atomic mass is 32.1. The lowest BCUT2D eigenvalue weighted by atomic mass is 9.76. The monoisotopic (exact) mass is 270 g/mol. The Kier molecular flexibility index (Phi) is 5.57. The summed E-state index contributed by atoms with van der Waals surface area (Å²) in [6.45, 7) is 4.17.